The van der Waals surface area contributed by atoms with Gasteiger partial charge in [0, 0.05) is 0 Å². The Kier molecular flexibility index (Phi) is 8.56. The number of carbonyl (C=O) groups excluding carboxylic acids is 1. The zero-order valence-corrected chi connectivity index (χ0v) is 23.2. The summed E-state index contributed by atoms with van der Waals surface area (Å²) in [6.45, 7) is 2.88. The summed E-state index contributed by atoms with van der Waals surface area (Å²) >= 11 is 5.79. The van der Waals surface area contributed by atoms with E-state index < -0.39 is 45.3 Å². The molecule has 0 fully saturated rings. The number of hydrogen-bond donors (Lipinski definition) is 1. The summed E-state index contributed by atoms with van der Waals surface area (Å²) in [7, 11) is -4.45. The maximum Gasteiger partial charge on any atom is 0.417 e. The van der Waals surface area contributed by atoms with Gasteiger partial charge < -0.3 is 5.32 Å². The lowest BCUT2D eigenvalue weighted by Crippen LogP contribution is -2.42. The lowest BCUT2D eigenvalue weighted by Gasteiger charge is -2.27. The molecule has 0 saturated carbocycles. The van der Waals surface area contributed by atoms with Crippen LogP contribution in [0.2, 0.25) is 5.02 Å². The van der Waals surface area contributed by atoms with E-state index in [-0.39, 0.29) is 10.6 Å². The van der Waals surface area contributed by atoms with Gasteiger partial charge in [0.2, 0.25) is 5.91 Å². The molecule has 1 amide bonds. The number of hydrogen-bond acceptors (Lipinski definition) is 3. The first-order chi connectivity index (χ1) is 18.9. The van der Waals surface area contributed by atoms with E-state index in [0.717, 1.165) is 34.4 Å². The molecule has 0 radical (unpaired) electrons. The largest absolute Gasteiger partial charge is 0.417 e. The number of amides is 1. The third-order valence-electron chi connectivity index (χ3n) is 6.38. The standard InChI is InChI=1S/C30H26ClF3N2O3S/c1-20-12-15-24(16-13-20)40(38,39)36(23-14-17-27(31)26(18-23)30(32,33)34)19-28(37)35-29(22-9-4-3-5-10-22)25-11-7-6-8-21(25)2/h3-18,29H,19H2,1-2H3,(H,35,37)/t29-/m0/s1. The maximum absolute atomic E-state index is 13.7. The van der Waals surface area contributed by atoms with Crippen molar-refractivity contribution in [1.29, 1.82) is 0 Å². The fourth-order valence-electron chi connectivity index (χ4n) is 4.27. The molecule has 40 heavy (non-hydrogen) atoms. The molecule has 208 valence electrons. The van der Waals surface area contributed by atoms with Gasteiger partial charge in [-0.3, -0.25) is 9.10 Å². The van der Waals surface area contributed by atoms with Crippen LogP contribution < -0.4 is 9.62 Å². The Labute approximate surface area is 236 Å². The Balaban J connectivity index is 1.77. The molecule has 10 heteroatoms. The molecule has 0 bridgehead atoms. The molecule has 5 nitrogen and oxygen atoms in total. The minimum atomic E-state index is -4.84. The SMILES string of the molecule is Cc1ccc(S(=O)(=O)N(CC(=O)N[C@@H](c2ccccc2)c2ccccc2C)c2ccc(Cl)c(C(F)(F)F)c2)cc1. The number of nitrogens with zero attached hydrogens (tertiary/aromatic N) is 1. The van der Waals surface area contributed by atoms with E-state index in [4.69, 9.17) is 11.6 Å². The topological polar surface area (TPSA) is 66.5 Å². The highest BCUT2D eigenvalue weighted by atomic mass is 35.5. The molecule has 0 unspecified atom stereocenters. The summed E-state index contributed by atoms with van der Waals surface area (Å²) in [4.78, 5) is 13.3. The van der Waals surface area contributed by atoms with Gasteiger partial charge in [-0.1, -0.05) is 83.9 Å². The Morgan fingerprint density at radius 3 is 2.15 bits per heavy atom. The van der Waals surface area contributed by atoms with Crippen molar-refractivity contribution in [3.63, 3.8) is 0 Å². The molecule has 1 atom stereocenters. The lowest BCUT2D eigenvalue weighted by molar-refractivity contribution is -0.137. The van der Waals surface area contributed by atoms with Gasteiger partial charge in [-0.15, -0.1) is 0 Å². The molecule has 4 aromatic carbocycles. The molecule has 0 aliphatic carbocycles. The number of nitrogens with one attached hydrogen (secondary N) is 1. The van der Waals surface area contributed by atoms with Crippen LogP contribution in [-0.2, 0) is 21.0 Å². The van der Waals surface area contributed by atoms with Gasteiger partial charge in [-0.2, -0.15) is 13.2 Å². The van der Waals surface area contributed by atoms with E-state index in [1.54, 1.807) is 19.1 Å². The Morgan fingerprint density at radius 1 is 0.900 bits per heavy atom. The van der Waals surface area contributed by atoms with Gasteiger partial charge in [0.15, 0.2) is 0 Å². The third-order valence-corrected chi connectivity index (χ3v) is 8.49. The van der Waals surface area contributed by atoms with Gasteiger partial charge >= 0.3 is 6.18 Å². The number of sulfonamides is 1. The van der Waals surface area contributed by atoms with Crippen LogP contribution in [0.3, 0.4) is 0 Å². The van der Waals surface area contributed by atoms with Crippen molar-refractivity contribution in [2.75, 3.05) is 10.8 Å². The van der Waals surface area contributed by atoms with Crippen LogP contribution in [0.15, 0.2) is 102 Å². The van der Waals surface area contributed by atoms with Gasteiger partial charge in [0.1, 0.15) is 6.54 Å². The summed E-state index contributed by atoms with van der Waals surface area (Å²) in [6, 6.07) is 24.5. The van der Waals surface area contributed by atoms with Gasteiger partial charge in [0.05, 0.1) is 27.2 Å². The fourth-order valence-corrected chi connectivity index (χ4v) is 5.91. The Bertz CT molecular complexity index is 1610. The van der Waals surface area contributed by atoms with Crippen LogP contribution >= 0.6 is 11.6 Å². The Hall–Kier alpha value is -3.82. The number of alkyl halides is 3. The summed E-state index contributed by atoms with van der Waals surface area (Å²) < 4.78 is 69.2. The second-order valence-electron chi connectivity index (χ2n) is 9.25. The van der Waals surface area contributed by atoms with E-state index in [2.05, 4.69) is 5.32 Å². The molecular weight excluding hydrogens is 561 g/mol. The van der Waals surface area contributed by atoms with Crippen LogP contribution in [0.4, 0.5) is 18.9 Å². The zero-order chi connectivity index (χ0) is 29.1. The average molecular weight is 587 g/mol. The van der Waals surface area contributed by atoms with Crippen molar-refractivity contribution in [1.82, 2.24) is 5.32 Å². The monoisotopic (exact) mass is 586 g/mol. The predicted octanol–water partition coefficient (Wildman–Crippen LogP) is 7.08. The third kappa shape index (κ3) is 6.48. The molecule has 0 aliphatic rings. The normalized spacial score (nSPS) is 12.6. The van der Waals surface area contributed by atoms with Crippen LogP contribution in [0.25, 0.3) is 0 Å². The number of benzene rings is 4. The van der Waals surface area contributed by atoms with E-state index in [1.807, 2.05) is 61.5 Å². The van der Waals surface area contributed by atoms with Crippen molar-refractivity contribution in [2.45, 2.75) is 31.0 Å². The maximum atomic E-state index is 13.7. The fraction of sp³-hybridized carbons (Fsp3) is 0.167. The number of carbonyl (C=O) groups is 1. The zero-order valence-electron chi connectivity index (χ0n) is 21.6. The molecule has 0 aromatic heterocycles. The molecule has 1 N–H and O–H groups in total. The minimum Gasteiger partial charge on any atom is -0.344 e. The first-order valence-corrected chi connectivity index (χ1v) is 14.1. The van der Waals surface area contributed by atoms with Crippen molar-refractivity contribution < 1.29 is 26.4 Å². The first-order valence-electron chi connectivity index (χ1n) is 12.2. The minimum absolute atomic E-state index is 0.173. The van der Waals surface area contributed by atoms with Crippen molar-refractivity contribution in [3.05, 3.63) is 130 Å². The van der Waals surface area contributed by atoms with Gasteiger partial charge in [-0.25, -0.2) is 8.42 Å². The average Bonchev–Trinajstić information content (AvgIpc) is 2.91. The van der Waals surface area contributed by atoms with E-state index in [9.17, 15) is 26.4 Å². The number of halogens is 4. The summed E-state index contributed by atoms with van der Waals surface area (Å²) in [6.07, 6.45) is -4.84. The quantitative estimate of drug-likeness (QED) is 0.240. The lowest BCUT2D eigenvalue weighted by atomic mass is 9.95. The van der Waals surface area contributed by atoms with Crippen molar-refractivity contribution in [2.24, 2.45) is 0 Å². The Morgan fingerprint density at radius 2 is 1.52 bits per heavy atom. The molecule has 0 aliphatic heterocycles. The molecule has 0 heterocycles. The van der Waals surface area contributed by atoms with Crippen LogP contribution in [0.5, 0.6) is 0 Å². The van der Waals surface area contributed by atoms with E-state index in [1.165, 1.54) is 12.1 Å². The second kappa shape index (κ2) is 11.7. The summed E-state index contributed by atoms with van der Waals surface area (Å²) in [5.41, 5.74) is 1.67. The predicted molar refractivity (Wildman–Crippen MR) is 150 cm³/mol. The van der Waals surface area contributed by atoms with Crippen LogP contribution in [0, 0.1) is 13.8 Å². The molecule has 4 aromatic rings. The number of rotatable bonds is 8. The van der Waals surface area contributed by atoms with Crippen LogP contribution in [-0.4, -0.2) is 20.9 Å². The highest BCUT2D eigenvalue weighted by Crippen LogP contribution is 2.38. The summed E-state index contributed by atoms with van der Waals surface area (Å²) in [5.74, 6) is -0.712. The molecule has 0 saturated heterocycles. The number of aryl methyl sites for hydroxylation is 2. The molecule has 4 rings (SSSR count). The van der Waals surface area contributed by atoms with Gasteiger partial charge in [-0.05, 0) is 60.9 Å². The van der Waals surface area contributed by atoms with E-state index >= 15 is 0 Å². The summed E-state index contributed by atoms with van der Waals surface area (Å²) in [5, 5.41) is 2.30. The molecule has 0 spiro atoms. The van der Waals surface area contributed by atoms with Gasteiger partial charge in [0.25, 0.3) is 10.0 Å². The van der Waals surface area contributed by atoms with Crippen molar-refractivity contribution >= 4 is 33.2 Å². The van der Waals surface area contributed by atoms with E-state index in [0.29, 0.717) is 10.4 Å². The first kappa shape index (κ1) is 29.2. The molecular formula is C30H26ClF3N2O3S. The number of anilines is 1. The van der Waals surface area contributed by atoms with Crippen LogP contribution in [0.1, 0.15) is 33.9 Å². The highest BCUT2D eigenvalue weighted by molar-refractivity contribution is 7.92. The second-order valence-corrected chi connectivity index (χ2v) is 11.5. The highest BCUT2D eigenvalue weighted by Gasteiger charge is 2.36. The smallest absolute Gasteiger partial charge is 0.344 e. The van der Waals surface area contributed by atoms with Crippen molar-refractivity contribution in [3.8, 4) is 0 Å².